The predicted molar refractivity (Wildman–Crippen MR) is 143 cm³/mol. The largest absolute Gasteiger partial charge is 0.484 e. The Morgan fingerprint density at radius 1 is 0.914 bits per heavy atom. The summed E-state index contributed by atoms with van der Waals surface area (Å²) in [6, 6.07) is 24.7. The van der Waals surface area contributed by atoms with E-state index in [1.54, 1.807) is 4.90 Å². The van der Waals surface area contributed by atoms with Crippen LogP contribution in [0.15, 0.2) is 83.3 Å². The van der Waals surface area contributed by atoms with Gasteiger partial charge in [0.25, 0.3) is 5.91 Å². The molecule has 0 saturated carbocycles. The van der Waals surface area contributed by atoms with Crippen molar-refractivity contribution in [3.63, 3.8) is 0 Å². The highest BCUT2D eigenvalue weighted by molar-refractivity contribution is 9.10. The molecule has 0 bridgehead atoms. The molecule has 5 nitrogen and oxygen atoms in total. The van der Waals surface area contributed by atoms with Crippen LogP contribution in [0.3, 0.4) is 0 Å². The smallest absolute Gasteiger partial charge is 0.261 e. The number of hydrogen-bond donors (Lipinski definition) is 1. The summed E-state index contributed by atoms with van der Waals surface area (Å²) >= 11 is 3.51. The van der Waals surface area contributed by atoms with E-state index in [2.05, 4.69) is 28.2 Å². The van der Waals surface area contributed by atoms with Crippen LogP contribution in [0.2, 0.25) is 0 Å². The number of rotatable bonds is 12. The summed E-state index contributed by atoms with van der Waals surface area (Å²) in [6.45, 7) is 4.81. The monoisotopic (exact) mass is 536 g/mol. The molecule has 0 aliphatic rings. The van der Waals surface area contributed by atoms with Crippen LogP contribution in [0, 0.1) is 0 Å². The van der Waals surface area contributed by atoms with E-state index in [0.29, 0.717) is 25.3 Å². The lowest BCUT2D eigenvalue weighted by atomic mass is 10.0. The number of nitrogens with zero attached hydrogens (tertiary/aromatic N) is 1. The first-order chi connectivity index (χ1) is 17.0. The van der Waals surface area contributed by atoms with E-state index in [0.717, 1.165) is 28.4 Å². The fraction of sp³-hybridized carbons (Fsp3) is 0.310. The minimum absolute atomic E-state index is 0.147. The molecule has 0 heterocycles. The molecule has 3 aromatic rings. The van der Waals surface area contributed by atoms with Crippen LogP contribution in [-0.4, -0.2) is 35.9 Å². The number of nitrogens with one attached hydrogen (secondary N) is 1. The predicted octanol–water partition coefficient (Wildman–Crippen LogP) is 5.56. The van der Waals surface area contributed by atoms with Crippen LogP contribution in [0.1, 0.15) is 37.0 Å². The Morgan fingerprint density at radius 3 is 2.29 bits per heavy atom. The maximum atomic E-state index is 13.5. The molecular weight excluding hydrogens is 504 g/mol. The molecule has 0 saturated heterocycles. The van der Waals surface area contributed by atoms with Crippen LogP contribution in [0.4, 0.5) is 0 Å². The van der Waals surface area contributed by atoms with Crippen LogP contribution in [0.25, 0.3) is 0 Å². The zero-order valence-corrected chi connectivity index (χ0v) is 22.0. The molecule has 0 spiro atoms. The number of amides is 2. The van der Waals surface area contributed by atoms with Gasteiger partial charge in [0.2, 0.25) is 5.91 Å². The summed E-state index contributed by atoms with van der Waals surface area (Å²) in [5.74, 6) is 0.233. The molecule has 2 amide bonds. The van der Waals surface area contributed by atoms with Crippen molar-refractivity contribution in [2.24, 2.45) is 0 Å². The van der Waals surface area contributed by atoms with E-state index in [1.165, 1.54) is 5.56 Å². The molecule has 0 radical (unpaired) electrons. The van der Waals surface area contributed by atoms with Gasteiger partial charge in [-0.15, -0.1) is 0 Å². The van der Waals surface area contributed by atoms with Gasteiger partial charge in [0, 0.05) is 24.0 Å². The van der Waals surface area contributed by atoms with E-state index >= 15 is 0 Å². The molecule has 184 valence electrons. The first-order valence-electron chi connectivity index (χ1n) is 12.1. The van der Waals surface area contributed by atoms with Crippen molar-refractivity contribution in [2.45, 2.75) is 45.7 Å². The summed E-state index contributed by atoms with van der Waals surface area (Å²) in [7, 11) is 0. The van der Waals surface area contributed by atoms with Crippen LogP contribution in [-0.2, 0) is 29.0 Å². The Hall–Kier alpha value is -3.12. The van der Waals surface area contributed by atoms with Gasteiger partial charge in [-0.1, -0.05) is 84.4 Å². The van der Waals surface area contributed by atoms with E-state index in [1.807, 2.05) is 85.8 Å². The highest BCUT2D eigenvalue weighted by Crippen LogP contribution is 2.19. The van der Waals surface area contributed by atoms with Crippen LogP contribution >= 0.6 is 15.9 Å². The number of carbonyl (C=O) groups excluding carboxylic acids is 2. The Morgan fingerprint density at radius 2 is 1.63 bits per heavy atom. The van der Waals surface area contributed by atoms with Crippen molar-refractivity contribution >= 4 is 27.7 Å². The van der Waals surface area contributed by atoms with E-state index in [4.69, 9.17) is 4.74 Å². The molecule has 0 aromatic heterocycles. The van der Waals surface area contributed by atoms with Crippen molar-refractivity contribution in [1.82, 2.24) is 10.2 Å². The quantitative estimate of drug-likeness (QED) is 0.329. The summed E-state index contributed by atoms with van der Waals surface area (Å²) in [6.07, 6.45) is 2.18. The molecule has 1 N–H and O–H groups in total. The van der Waals surface area contributed by atoms with Gasteiger partial charge in [0.05, 0.1) is 0 Å². The summed E-state index contributed by atoms with van der Waals surface area (Å²) < 4.78 is 6.76. The number of ether oxygens (including phenoxy) is 1. The average Bonchev–Trinajstić information content (AvgIpc) is 2.88. The van der Waals surface area contributed by atoms with Gasteiger partial charge >= 0.3 is 0 Å². The standard InChI is InChI=1S/C29H33BrN2O3/c1-3-17-31-29(34)27(19-23-9-6-5-7-10-23)32(20-24-11-8-12-25(30)18-24)28(33)21-35-26-15-13-22(4-2)14-16-26/h5-16,18,27H,3-4,17,19-21H2,1-2H3,(H,31,34)/t27-/m0/s1. The van der Waals surface area contributed by atoms with E-state index in [9.17, 15) is 9.59 Å². The van der Waals surface area contributed by atoms with Gasteiger partial charge in [0.15, 0.2) is 6.61 Å². The SMILES string of the molecule is CCCNC(=O)[C@H](Cc1ccccc1)N(Cc1cccc(Br)c1)C(=O)COc1ccc(CC)cc1. The Balaban J connectivity index is 1.87. The number of carbonyl (C=O) groups is 2. The second kappa shape index (κ2) is 13.7. The summed E-state index contributed by atoms with van der Waals surface area (Å²) in [4.78, 5) is 28.5. The second-order valence-corrected chi connectivity index (χ2v) is 9.35. The third-order valence-electron chi connectivity index (χ3n) is 5.76. The van der Waals surface area contributed by atoms with Gasteiger partial charge in [-0.05, 0) is 53.8 Å². The highest BCUT2D eigenvalue weighted by Gasteiger charge is 2.30. The average molecular weight is 537 g/mol. The molecule has 35 heavy (non-hydrogen) atoms. The maximum absolute atomic E-state index is 13.5. The molecule has 0 aliphatic heterocycles. The molecule has 1 atom stereocenters. The Bertz CT molecular complexity index is 1090. The van der Waals surface area contributed by atoms with Crippen molar-refractivity contribution in [3.05, 3.63) is 100 Å². The van der Waals surface area contributed by atoms with Crippen molar-refractivity contribution in [2.75, 3.05) is 13.2 Å². The number of aryl methyl sites for hydroxylation is 1. The molecule has 0 unspecified atom stereocenters. The third kappa shape index (κ3) is 8.25. The molecule has 3 rings (SSSR count). The first-order valence-corrected chi connectivity index (χ1v) is 12.9. The number of hydrogen-bond acceptors (Lipinski definition) is 3. The topological polar surface area (TPSA) is 58.6 Å². The Kier molecular flexibility index (Phi) is 10.4. The molecule has 0 fully saturated rings. The summed E-state index contributed by atoms with van der Waals surface area (Å²) in [5, 5.41) is 2.99. The lowest BCUT2D eigenvalue weighted by Gasteiger charge is -2.31. The third-order valence-corrected chi connectivity index (χ3v) is 6.25. The van der Waals surface area contributed by atoms with Crippen LogP contribution < -0.4 is 10.1 Å². The molecular formula is C29H33BrN2O3. The normalized spacial score (nSPS) is 11.5. The summed E-state index contributed by atoms with van der Waals surface area (Å²) in [5.41, 5.74) is 3.13. The molecule has 6 heteroatoms. The molecule has 3 aromatic carbocycles. The van der Waals surface area contributed by atoms with Crippen molar-refractivity contribution < 1.29 is 14.3 Å². The zero-order valence-electron chi connectivity index (χ0n) is 20.4. The van der Waals surface area contributed by atoms with Gasteiger partial charge in [-0.3, -0.25) is 9.59 Å². The fourth-order valence-corrected chi connectivity index (χ4v) is 4.25. The lowest BCUT2D eigenvalue weighted by Crippen LogP contribution is -2.51. The van der Waals surface area contributed by atoms with Crippen molar-refractivity contribution in [3.8, 4) is 5.75 Å². The number of benzene rings is 3. The molecule has 0 aliphatic carbocycles. The van der Waals surface area contributed by atoms with Gasteiger partial charge in [-0.2, -0.15) is 0 Å². The lowest BCUT2D eigenvalue weighted by molar-refractivity contribution is -0.142. The zero-order chi connectivity index (χ0) is 25.0. The van der Waals surface area contributed by atoms with Crippen LogP contribution in [0.5, 0.6) is 5.75 Å². The van der Waals surface area contributed by atoms with Gasteiger partial charge in [-0.25, -0.2) is 0 Å². The minimum Gasteiger partial charge on any atom is -0.484 e. The van der Waals surface area contributed by atoms with E-state index < -0.39 is 6.04 Å². The van der Waals surface area contributed by atoms with E-state index in [-0.39, 0.29) is 18.4 Å². The second-order valence-electron chi connectivity index (χ2n) is 8.43. The Labute approximate surface area is 216 Å². The first kappa shape index (κ1) is 26.5. The fourth-order valence-electron chi connectivity index (χ4n) is 3.80. The van der Waals surface area contributed by atoms with Gasteiger partial charge < -0.3 is 15.0 Å². The maximum Gasteiger partial charge on any atom is 0.261 e. The van der Waals surface area contributed by atoms with Crippen molar-refractivity contribution in [1.29, 1.82) is 0 Å². The highest BCUT2D eigenvalue weighted by atomic mass is 79.9. The van der Waals surface area contributed by atoms with Gasteiger partial charge in [0.1, 0.15) is 11.8 Å². The minimum atomic E-state index is -0.665. The number of halogens is 1.